The van der Waals surface area contributed by atoms with Crippen molar-refractivity contribution in [1.82, 2.24) is 4.90 Å². The van der Waals surface area contributed by atoms with Gasteiger partial charge in [-0.3, -0.25) is 4.79 Å². The van der Waals surface area contributed by atoms with Gasteiger partial charge in [-0.1, -0.05) is 30.3 Å². The van der Waals surface area contributed by atoms with Crippen molar-refractivity contribution >= 4 is 23.4 Å². The molecule has 0 fully saturated rings. The van der Waals surface area contributed by atoms with Crippen LogP contribution in [0, 0.1) is 5.82 Å². The summed E-state index contributed by atoms with van der Waals surface area (Å²) in [6.07, 6.45) is 2.35. The maximum Gasteiger partial charge on any atom is 0.225 e. The van der Waals surface area contributed by atoms with Crippen LogP contribution in [0.2, 0.25) is 0 Å². The third-order valence-electron chi connectivity index (χ3n) is 3.50. The number of rotatable bonds is 7. The summed E-state index contributed by atoms with van der Waals surface area (Å²) in [5, 5.41) is 2.93. The van der Waals surface area contributed by atoms with Crippen molar-refractivity contribution in [3.8, 4) is 0 Å². The van der Waals surface area contributed by atoms with Crippen LogP contribution in [0.4, 0.5) is 10.1 Å². The Morgan fingerprint density at radius 2 is 1.87 bits per heavy atom. The number of thioether (sulfide) groups is 1. The number of amides is 1. The van der Waals surface area contributed by atoms with Crippen LogP contribution < -0.4 is 5.32 Å². The zero-order chi connectivity index (χ0) is 16.7. The summed E-state index contributed by atoms with van der Waals surface area (Å²) in [7, 11) is 1.88. The molecule has 2 aromatic carbocycles. The molecule has 0 atom stereocenters. The second-order valence-electron chi connectivity index (χ2n) is 5.33. The SMILES string of the molecule is CSc1ccccc1NC(=O)CCN(C)Cc1ccccc1F. The van der Waals surface area contributed by atoms with E-state index < -0.39 is 0 Å². The van der Waals surface area contributed by atoms with Gasteiger partial charge in [0, 0.05) is 30.0 Å². The topological polar surface area (TPSA) is 32.3 Å². The number of benzene rings is 2. The smallest absolute Gasteiger partial charge is 0.225 e. The van der Waals surface area contributed by atoms with Crippen molar-refractivity contribution in [3.05, 3.63) is 59.9 Å². The van der Waals surface area contributed by atoms with Gasteiger partial charge in [0.25, 0.3) is 0 Å². The molecule has 0 saturated heterocycles. The monoisotopic (exact) mass is 332 g/mol. The maximum atomic E-state index is 13.6. The standard InChI is InChI=1S/C18H21FN2OS/c1-21(13-14-7-3-4-8-15(14)19)12-11-18(22)20-16-9-5-6-10-17(16)23-2/h3-10H,11-13H2,1-2H3,(H,20,22). The van der Waals surface area contributed by atoms with E-state index in [-0.39, 0.29) is 11.7 Å². The van der Waals surface area contributed by atoms with E-state index in [1.807, 2.05) is 48.5 Å². The Balaban J connectivity index is 1.83. The van der Waals surface area contributed by atoms with E-state index in [1.165, 1.54) is 6.07 Å². The average Bonchev–Trinajstić information content (AvgIpc) is 2.55. The molecule has 3 nitrogen and oxygen atoms in total. The lowest BCUT2D eigenvalue weighted by Gasteiger charge is -2.17. The van der Waals surface area contributed by atoms with Crippen molar-refractivity contribution < 1.29 is 9.18 Å². The predicted octanol–water partition coefficient (Wildman–Crippen LogP) is 4.01. The Bertz CT molecular complexity index is 663. The first-order chi connectivity index (χ1) is 11.1. The van der Waals surface area contributed by atoms with Crippen LogP contribution in [0.3, 0.4) is 0 Å². The first-order valence-electron chi connectivity index (χ1n) is 7.45. The van der Waals surface area contributed by atoms with Crippen LogP contribution in [-0.2, 0) is 11.3 Å². The van der Waals surface area contributed by atoms with Gasteiger partial charge in [-0.2, -0.15) is 0 Å². The van der Waals surface area contributed by atoms with Gasteiger partial charge in [0.15, 0.2) is 0 Å². The van der Waals surface area contributed by atoms with Crippen molar-refractivity contribution in [2.24, 2.45) is 0 Å². The van der Waals surface area contributed by atoms with Gasteiger partial charge in [0.1, 0.15) is 5.82 Å². The summed E-state index contributed by atoms with van der Waals surface area (Å²) in [6, 6.07) is 14.4. The van der Waals surface area contributed by atoms with Gasteiger partial charge < -0.3 is 10.2 Å². The highest BCUT2D eigenvalue weighted by atomic mass is 32.2. The first-order valence-corrected chi connectivity index (χ1v) is 8.67. The third kappa shape index (κ3) is 5.37. The molecule has 0 bridgehead atoms. The number of nitrogens with one attached hydrogen (secondary N) is 1. The molecule has 0 aliphatic heterocycles. The molecule has 0 unspecified atom stereocenters. The minimum absolute atomic E-state index is 0.0353. The predicted molar refractivity (Wildman–Crippen MR) is 94.2 cm³/mol. The highest BCUT2D eigenvalue weighted by Gasteiger charge is 2.09. The van der Waals surface area contributed by atoms with Crippen LogP contribution >= 0.6 is 11.8 Å². The molecule has 5 heteroatoms. The van der Waals surface area contributed by atoms with E-state index >= 15 is 0 Å². The van der Waals surface area contributed by atoms with Gasteiger partial charge in [0.05, 0.1) is 5.69 Å². The number of halogens is 1. The zero-order valence-electron chi connectivity index (χ0n) is 13.4. The molecule has 0 aliphatic rings. The Kier molecular flexibility index (Phi) is 6.62. The lowest BCUT2D eigenvalue weighted by Crippen LogP contribution is -2.24. The molecule has 23 heavy (non-hydrogen) atoms. The largest absolute Gasteiger partial charge is 0.325 e. The molecule has 2 aromatic rings. The van der Waals surface area contributed by atoms with Crippen molar-refractivity contribution in [3.63, 3.8) is 0 Å². The molecular formula is C18H21FN2OS. The zero-order valence-corrected chi connectivity index (χ0v) is 14.2. The maximum absolute atomic E-state index is 13.6. The first kappa shape index (κ1) is 17.5. The second-order valence-corrected chi connectivity index (χ2v) is 6.18. The van der Waals surface area contributed by atoms with Crippen LogP contribution in [0.1, 0.15) is 12.0 Å². The molecule has 0 aromatic heterocycles. The quantitative estimate of drug-likeness (QED) is 0.778. The number of para-hydroxylation sites is 1. The van der Waals surface area contributed by atoms with E-state index in [0.29, 0.717) is 25.1 Å². The number of carbonyl (C=O) groups excluding carboxylic acids is 1. The lowest BCUT2D eigenvalue weighted by atomic mass is 10.2. The second kappa shape index (κ2) is 8.70. The van der Waals surface area contributed by atoms with Crippen molar-refractivity contribution in [2.45, 2.75) is 17.9 Å². The fourth-order valence-corrected chi connectivity index (χ4v) is 2.80. The molecular weight excluding hydrogens is 311 g/mol. The number of nitrogens with zero attached hydrogens (tertiary/aromatic N) is 1. The summed E-state index contributed by atoms with van der Waals surface area (Å²) < 4.78 is 13.6. The van der Waals surface area contributed by atoms with Crippen LogP contribution in [0.15, 0.2) is 53.4 Å². The Labute approximate surface area is 140 Å². The molecule has 0 heterocycles. The highest BCUT2D eigenvalue weighted by Crippen LogP contribution is 2.24. The third-order valence-corrected chi connectivity index (χ3v) is 4.30. The normalized spacial score (nSPS) is 10.8. The van der Waals surface area contributed by atoms with E-state index in [1.54, 1.807) is 23.9 Å². The van der Waals surface area contributed by atoms with Gasteiger partial charge >= 0.3 is 0 Å². The molecule has 0 spiro atoms. The Morgan fingerprint density at radius 1 is 1.17 bits per heavy atom. The van der Waals surface area contributed by atoms with Crippen LogP contribution in [0.25, 0.3) is 0 Å². The number of hydrogen-bond donors (Lipinski definition) is 1. The fourth-order valence-electron chi connectivity index (χ4n) is 2.25. The summed E-state index contributed by atoms with van der Waals surface area (Å²) in [4.78, 5) is 15.1. The van der Waals surface area contributed by atoms with Crippen molar-refractivity contribution in [2.75, 3.05) is 25.2 Å². The Hall–Kier alpha value is -1.85. The summed E-state index contributed by atoms with van der Waals surface area (Å²) in [5.74, 6) is -0.246. The number of carbonyl (C=O) groups is 1. The van der Waals surface area contributed by atoms with Crippen LogP contribution in [-0.4, -0.2) is 30.7 Å². The lowest BCUT2D eigenvalue weighted by molar-refractivity contribution is -0.116. The minimum atomic E-state index is -0.210. The van der Waals surface area contributed by atoms with Crippen LogP contribution in [0.5, 0.6) is 0 Å². The Morgan fingerprint density at radius 3 is 2.61 bits per heavy atom. The van der Waals surface area contributed by atoms with E-state index in [2.05, 4.69) is 5.32 Å². The molecule has 0 saturated carbocycles. The molecule has 122 valence electrons. The van der Waals surface area contributed by atoms with E-state index in [4.69, 9.17) is 0 Å². The summed E-state index contributed by atoms with van der Waals surface area (Å²) >= 11 is 1.60. The molecule has 1 N–H and O–H groups in total. The molecule has 2 rings (SSSR count). The van der Waals surface area contributed by atoms with E-state index in [9.17, 15) is 9.18 Å². The summed E-state index contributed by atoms with van der Waals surface area (Å²) in [5.41, 5.74) is 1.48. The van der Waals surface area contributed by atoms with Gasteiger partial charge in [0.2, 0.25) is 5.91 Å². The van der Waals surface area contributed by atoms with Gasteiger partial charge in [-0.25, -0.2) is 4.39 Å². The van der Waals surface area contributed by atoms with Gasteiger partial charge in [-0.15, -0.1) is 11.8 Å². The number of anilines is 1. The minimum Gasteiger partial charge on any atom is -0.325 e. The van der Waals surface area contributed by atoms with E-state index in [0.717, 1.165) is 10.6 Å². The molecule has 0 aliphatic carbocycles. The summed E-state index contributed by atoms with van der Waals surface area (Å²) in [6.45, 7) is 1.06. The van der Waals surface area contributed by atoms with Gasteiger partial charge in [-0.05, 0) is 31.5 Å². The molecule has 0 radical (unpaired) electrons. The highest BCUT2D eigenvalue weighted by molar-refractivity contribution is 7.98. The average molecular weight is 332 g/mol. The van der Waals surface area contributed by atoms with Crippen molar-refractivity contribution in [1.29, 1.82) is 0 Å². The fraction of sp³-hybridized carbons (Fsp3) is 0.278. The number of hydrogen-bond acceptors (Lipinski definition) is 3. The molecule has 1 amide bonds.